The van der Waals surface area contributed by atoms with Crippen LogP contribution in [0.5, 0.6) is 0 Å². The minimum Gasteiger partial charge on any atom is -0.302 e. The zero-order valence-corrected chi connectivity index (χ0v) is 4.27. The largest absolute Gasteiger partial charge is 0.302 e. The molecule has 0 amide bonds. The molecule has 0 heterocycles. The lowest BCUT2D eigenvalue weighted by Crippen LogP contribution is -2.10. The quantitative estimate of drug-likeness (QED) is 0.505. The highest BCUT2D eigenvalue weighted by molar-refractivity contribution is 4.37. The third-order valence-corrected chi connectivity index (χ3v) is 0.807. The van der Waals surface area contributed by atoms with Crippen molar-refractivity contribution in [1.29, 1.82) is 0 Å². The van der Waals surface area contributed by atoms with Gasteiger partial charge in [-0.05, 0) is 13.3 Å². The van der Waals surface area contributed by atoms with Crippen molar-refractivity contribution >= 4 is 0 Å². The van der Waals surface area contributed by atoms with Gasteiger partial charge in [0.2, 0.25) is 0 Å². The predicted molar refractivity (Wildman–Crippen MR) is 25.0 cm³/mol. The normalized spacial score (nSPS) is 14.5. The van der Waals surface area contributed by atoms with E-state index in [0.717, 1.165) is 6.42 Å². The molecular formula is C4H11NO. The van der Waals surface area contributed by atoms with E-state index in [4.69, 9.17) is 5.90 Å². The Morgan fingerprint density at radius 3 is 2.33 bits per heavy atom. The van der Waals surface area contributed by atoms with Gasteiger partial charge in [-0.2, -0.15) is 0 Å². The second-order valence-electron chi connectivity index (χ2n) is 1.35. The summed E-state index contributed by atoms with van der Waals surface area (Å²) in [5.41, 5.74) is 0. The van der Waals surface area contributed by atoms with E-state index < -0.39 is 0 Å². The van der Waals surface area contributed by atoms with Crippen molar-refractivity contribution in [1.82, 2.24) is 0 Å². The predicted octanol–water partition coefficient (Wildman–Crippen LogP) is 0.675. The van der Waals surface area contributed by atoms with Gasteiger partial charge in [-0.3, -0.25) is 0 Å². The molecule has 2 nitrogen and oxygen atoms in total. The average molecular weight is 89.1 g/mol. The first kappa shape index (κ1) is 5.92. The van der Waals surface area contributed by atoms with E-state index in [0.29, 0.717) is 0 Å². The summed E-state index contributed by atoms with van der Waals surface area (Å²) in [6.45, 7) is 3.96. The number of hydrogen-bond donors (Lipinski definition) is 1. The molecule has 0 bridgehead atoms. The molecule has 2 heteroatoms. The zero-order valence-electron chi connectivity index (χ0n) is 4.27. The van der Waals surface area contributed by atoms with Gasteiger partial charge in [0.1, 0.15) is 0 Å². The maximum atomic E-state index is 4.78. The second kappa shape index (κ2) is 3.12. The highest BCUT2D eigenvalue weighted by Gasteiger charge is 1.89. The Morgan fingerprint density at radius 2 is 2.33 bits per heavy atom. The molecule has 0 aliphatic heterocycles. The van der Waals surface area contributed by atoms with Gasteiger partial charge in [0, 0.05) is 0 Å². The first-order valence-corrected chi connectivity index (χ1v) is 2.16. The van der Waals surface area contributed by atoms with Crippen LogP contribution in [-0.4, -0.2) is 6.10 Å². The lowest BCUT2D eigenvalue weighted by molar-refractivity contribution is 0.0642. The van der Waals surface area contributed by atoms with Crippen molar-refractivity contribution in [2.75, 3.05) is 0 Å². The van der Waals surface area contributed by atoms with Crippen LogP contribution in [0.3, 0.4) is 0 Å². The standard InChI is InChI=1S/C4H11NO/c1-3-4(2)6-5/h4H,3,5H2,1-2H3/t4-/m1/s1. The highest BCUT2D eigenvalue weighted by Crippen LogP contribution is 1.87. The summed E-state index contributed by atoms with van der Waals surface area (Å²) in [6, 6.07) is 0. The molecule has 0 saturated heterocycles. The third kappa shape index (κ3) is 2.18. The molecule has 2 N–H and O–H groups in total. The number of nitrogens with two attached hydrogens (primary N) is 1. The summed E-state index contributed by atoms with van der Waals surface area (Å²) < 4.78 is 0. The molecule has 0 aromatic heterocycles. The molecule has 0 spiro atoms. The zero-order chi connectivity index (χ0) is 4.99. The van der Waals surface area contributed by atoms with E-state index in [1.807, 2.05) is 13.8 Å². The first-order chi connectivity index (χ1) is 2.81. The van der Waals surface area contributed by atoms with Crippen molar-refractivity contribution in [2.45, 2.75) is 26.4 Å². The second-order valence-corrected chi connectivity index (χ2v) is 1.35. The third-order valence-electron chi connectivity index (χ3n) is 0.807. The summed E-state index contributed by atoms with van der Waals surface area (Å²) in [6.07, 6.45) is 1.20. The van der Waals surface area contributed by atoms with Gasteiger partial charge < -0.3 is 4.84 Å². The van der Waals surface area contributed by atoms with Crippen LogP contribution in [-0.2, 0) is 4.84 Å². The maximum absolute atomic E-state index is 4.78. The van der Waals surface area contributed by atoms with Crippen LogP contribution in [0.2, 0.25) is 0 Å². The van der Waals surface area contributed by atoms with Gasteiger partial charge in [0.15, 0.2) is 0 Å². The average Bonchev–Trinajstić information content (AvgIpc) is 1.65. The van der Waals surface area contributed by atoms with Crippen LogP contribution in [0, 0.1) is 0 Å². The fourth-order valence-corrected chi connectivity index (χ4v) is 0.0962. The van der Waals surface area contributed by atoms with E-state index in [-0.39, 0.29) is 6.10 Å². The summed E-state index contributed by atoms with van der Waals surface area (Å²) in [7, 11) is 0. The van der Waals surface area contributed by atoms with E-state index in [1.54, 1.807) is 0 Å². The molecule has 0 fully saturated rings. The molecule has 38 valence electrons. The molecule has 0 aromatic carbocycles. The lowest BCUT2D eigenvalue weighted by atomic mass is 10.3. The lowest BCUT2D eigenvalue weighted by Gasteiger charge is -2.00. The summed E-state index contributed by atoms with van der Waals surface area (Å²) in [5.74, 6) is 4.78. The topological polar surface area (TPSA) is 35.2 Å². The SMILES string of the molecule is CC[C@@H](C)ON. The van der Waals surface area contributed by atoms with Crippen LogP contribution < -0.4 is 5.90 Å². The fourth-order valence-electron chi connectivity index (χ4n) is 0.0962. The minimum atomic E-state index is 0.213. The molecule has 1 atom stereocenters. The Morgan fingerprint density at radius 1 is 1.83 bits per heavy atom. The summed E-state index contributed by atoms with van der Waals surface area (Å²) in [4.78, 5) is 4.40. The van der Waals surface area contributed by atoms with Gasteiger partial charge >= 0.3 is 0 Å². The van der Waals surface area contributed by atoms with Crippen LogP contribution in [0.1, 0.15) is 20.3 Å². The van der Waals surface area contributed by atoms with Crippen molar-refractivity contribution in [3.63, 3.8) is 0 Å². The minimum absolute atomic E-state index is 0.213. The van der Waals surface area contributed by atoms with E-state index in [1.165, 1.54) is 0 Å². The highest BCUT2D eigenvalue weighted by atomic mass is 16.6. The van der Waals surface area contributed by atoms with E-state index in [9.17, 15) is 0 Å². The van der Waals surface area contributed by atoms with Crippen LogP contribution in [0.15, 0.2) is 0 Å². The Labute approximate surface area is 38.2 Å². The molecule has 0 aromatic rings. The van der Waals surface area contributed by atoms with Gasteiger partial charge in [0.25, 0.3) is 0 Å². The van der Waals surface area contributed by atoms with Crippen molar-refractivity contribution in [3.05, 3.63) is 0 Å². The Balaban J connectivity index is 2.75. The molecule has 0 radical (unpaired) electrons. The van der Waals surface area contributed by atoms with Crippen molar-refractivity contribution < 1.29 is 4.84 Å². The van der Waals surface area contributed by atoms with Gasteiger partial charge in [-0.25, -0.2) is 5.90 Å². The van der Waals surface area contributed by atoms with Crippen LogP contribution >= 0.6 is 0 Å². The fraction of sp³-hybridized carbons (Fsp3) is 1.00. The van der Waals surface area contributed by atoms with Crippen molar-refractivity contribution in [2.24, 2.45) is 5.90 Å². The number of hydrogen-bond acceptors (Lipinski definition) is 2. The molecule has 0 aliphatic rings. The molecule has 6 heavy (non-hydrogen) atoms. The van der Waals surface area contributed by atoms with Gasteiger partial charge in [-0.1, -0.05) is 6.92 Å². The molecule has 0 rings (SSSR count). The summed E-state index contributed by atoms with van der Waals surface area (Å²) in [5, 5.41) is 0. The molecule has 0 saturated carbocycles. The number of rotatable bonds is 2. The van der Waals surface area contributed by atoms with Crippen LogP contribution in [0.25, 0.3) is 0 Å². The van der Waals surface area contributed by atoms with Gasteiger partial charge in [-0.15, -0.1) is 0 Å². The Kier molecular flexibility index (Phi) is 3.08. The molecular weight excluding hydrogens is 78.0 g/mol. The Hall–Kier alpha value is -0.0800. The van der Waals surface area contributed by atoms with Crippen molar-refractivity contribution in [3.8, 4) is 0 Å². The maximum Gasteiger partial charge on any atom is 0.0756 e. The summed E-state index contributed by atoms with van der Waals surface area (Å²) >= 11 is 0. The van der Waals surface area contributed by atoms with Crippen LogP contribution in [0.4, 0.5) is 0 Å². The molecule has 0 unspecified atom stereocenters. The van der Waals surface area contributed by atoms with E-state index >= 15 is 0 Å². The monoisotopic (exact) mass is 89.1 g/mol. The first-order valence-electron chi connectivity index (χ1n) is 2.16. The Bertz CT molecular complexity index is 26.7. The smallest absolute Gasteiger partial charge is 0.0756 e. The molecule has 0 aliphatic carbocycles. The van der Waals surface area contributed by atoms with E-state index in [2.05, 4.69) is 4.84 Å². The van der Waals surface area contributed by atoms with Gasteiger partial charge in [0.05, 0.1) is 6.10 Å².